The van der Waals surface area contributed by atoms with E-state index in [1.165, 1.54) is 0 Å². The van der Waals surface area contributed by atoms with Crippen molar-refractivity contribution in [2.45, 2.75) is 34.6 Å². The van der Waals surface area contributed by atoms with E-state index >= 15 is 0 Å². The Kier molecular flexibility index (Phi) is 2.31. The van der Waals surface area contributed by atoms with Gasteiger partial charge >= 0.3 is 0 Å². The molecule has 0 saturated carbocycles. The van der Waals surface area contributed by atoms with E-state index in [1.54, 1.807) is 0 Å². The zero-order valence-corrected chi connectivity index (χ0v) is 8.64. The van der Waals surface area contributed by atoms with Gasteiger partial charge in [0, 0.05) is 11.3 Å². The van der Waals surface area contributed by atoms with Gasteiger partial charge in [0.1, 0.15) is 5.76 Å². The van der Waals surface area contributed by atoms with Crippen molar-refractivity contribution in [1.29, 1.82) is 0 Å². The average Bonchev–Trinajstić information content (AvgIpc) is 1.82. The van der Waals surface area contributed by atoms with E-state index < -0.39 is 0 Å². The molecule has 1 aliphatic rings. The van der Waals surface area contributed by atoms with Crippen molar-refractivity contribution in [2.24, 2.45) is 11.3 Å². The summed E-state index contributed by atoms with van der Waals surface area (Å²) in [5, 5.41) is 0. The lowest BCUT2D eigenvalue weighted by molar-refractivity contribution is 0.242. The smallest absolute Gasteiger partial charge is 0.103 e. The highest BCUT2D eigenvalue weighted by molar-refractivity contribution is 5.19. The van der Waals surface area contributed by atoms with E-state index in [-0.39, 0.29) is 5.41 Å². The van der Waals surface area contributed by atoms with Crippen molar-refractivity contribution in [3.8, 4) is 0 Å². The van der Waals surface area contributed by atoms with Gasteiger partial charge in [-0.05, 0) is 19.1 Å². The molecular formula is C11H18O. The third-order valence-corrected chi connectivity index (χ3v) is 1.94. The molecule has 1 rings (SSSR count). The number of hydrogen-bond donors (Lipinski definition) is 0. The normalized spacial score (nSPS) is 21.5. The molecule has 12 heavy (non-hydrogen) atoms. The van der Waals surface area contributed by atoms with Crippen LogP contribution in [0.15, 0.2) is 23.7 Å². The van der Waals surface area contributed by atoms with Gasteiger partial charge in [-0.2, -0.15) is 0 Å². The van der Waals surface area contributed by atoms with E-state index in [0.717, 1.165) is 11.5 Å². The van der Waals surface area contributed by atoms with Crippen molar-refractivity contribution in [2.75, 3.05) is 0 Å². The Morgan fingerprint density at radius 2 is 1.83 bits per heavy atom. The third kappa shape index (κ3) is 2.13. The summed E-state index contributed by atoms with van der Waals surface area (Å²) in [6.07, 6.45) is 4.35. The second kappa shape index (κ2) is 2.96. The second-order valence-corrected chi connectivity index (χ2v) is 4.38. The highest BCUT2D eigenvalue weighted by atomic mass is 16.5. The Balaban J connectivity index is 2.88. The summed E-state index contributed by atoms with van der Waals surface area (Å²) in [7, 11) is 0. The molecule has 1 heterocycles. The zero-order valence-electron chi connectivity index (χ0n) is 8.64. The molecule has 0 saturated heterocycles. The molecule has 0 aromatic carbocycles. The van der Waals surface area contributed by atoms with Crippen molar-refractivity contribution in [3.05, 3.63) is 23.7 Å². The van der Waals surface area contributed by atoms with Gasteiger partial charge in [0.2, 0.25) is 0 Å². The molecule has 0 aromatic rings. The highest BCUT2D eigenvalue weighted by Crippen LogP contribution is 2.32. The molecule has 0 atom stereocenters. The van der Waals surface area contributed by atoms with E-state index in [2.05, 4.69) is 39.8 Å². The number of allylic oxidation sites excluding steroid dienone is 4. The van der Waals surface area contributed by atoms with Crippen molar-refractivity contribution < 1.29 is 4.74 Å². The summed E-state index contributed by atoms with van der Waals surface area (Å²) in [5.41, 5.74) is 0.155. The monoisotopic (exact) mass is 166 g/mol. The van der Waals surface area contributed by atoms with E-state index in [0.29, 0.717) is 5.92 Å². The first-order valence-electron chi connectivity index (χ1n) is 4.51. The largest absolute Gasteiger partial charge is 0.467 e. The lowest BCUT2D eigenvalue weighted by atomic mass is 9.88. The number of ether oxygens (including phenoxy) is 1. The van der Waals surface area contributed by atoms with Gasteiger partial charge < -0.3 is 4.74 Å². The summed E-state index contributed by atoms with van der Waals surface area (Å²) < 4.78 is 5.61. The molecule has 0 aliphatic carbocycles. The Bertz CT molecular complexity index is 231. The third-order valence-electron chi connectivity index (χ3n) is 1.94. The average molecular weight is 166 g/mol. The Hall–Kier alpha value is -0.720. The SMILES string of the molecule is CC1=CC(C)(C)C=C(C(C)C)O1. The van der Waals surface area contributed by atoms with E-state index in [1.807, 2.05) is 6.92 Å². The fourth-order valence-electron chi connectivity index (χ4n) is 1.46. The van der Waals surface area contributed by atoms with E-state index in [9.17, 15) is 0 Å². The second-order valence-electron chi connectivity index (χ2n) is 4.38. The van der Waals surface area contributed by atoms with Crippen molar-refractivity contribution in [3.63, 3.8) is 0 Å². The molecule has 1 nitrogen and oxygen atoms in total. The maximum Gasteiger partial charge on any atom is 0.103 e. The first-order valence-corrected chi connectivity index (χ1v) is 4.51. The van der Waals surface area contributed by atoms with E-state index in [4.69, 9.17) is 4.74 Å². The predicted molar refractivity (Wildman–Crippen MR) is 51.5 cm³/mol. The van der Waals surface area contributed by atoms with Crippen LogP contribution in [0.2, 0.25) is 0 Å². The van der Waals surface area contributed by atoms with Crippen LogP contribution >= 0.6 is 0 Å². The number of rotatable bonds is 1. The van der Waals surface area contributed by atoms with Crippen LogP contribution in [0.4, 0.5) is 0 Å². The molecule has 0 fully saturated rings. The predicted octanol–water partition coefficient (Wildman–Crippen LogP) is 3.49. The van der Waals surface area contributed by atoms with Crippen LogP contribution in [0.25, 0.3) is 0 Å². The van der Waals surface area contributed by atoms with Gasteiger partial charge in [-0.1, -0.05) is 27.7 Å². The minimum atomic E-state index is 0.155. The Morgan fingerprint density at radius 1 is 1.25 bits per heavy atom. The maximum absolute atomic E-state index is 5.61. The van der Waals surface area contributed by atoms with Crippen molar-refractivity contribution >= 4 is 0 Å². The molecule has 0 bridgehead atoms. The van der Waals surface area contributed by atoms with Crippen LogP contribution in [0.5, 0.6) is 0 Å². The molecule has 0 unspecified atom stereocenters. The van der Waals surface area contributed by atoms with Gasteiger partial charge in [0.05, 0.1) is 5.76 Å². The fraction of sp³-hybridized carbons (Fsp3) is 0.636. The van der Waals surface area contributed by atoms with Crippen LogP contribution in [-0.4, -0.2) is 0 Å². The summed E-state index contributed by atoms with van der Waals surface area (Å²) in [6.45, 7) is 10.7. The van der Waals surface area contributed by atoms with Gasteiger partial charge in [0.25, 0.3) is 0 Å². The minimum Gasteiger partial charge on any atom is -0.467 e. The van der Waals surface area contributed by atoms with Gasteiger partial charge in [-0.25, -0.2) is 0 Å². The molecular weight excluding hydrogens is 148 g/mol. The first kappa shape index (κ1) is 9.37. The first-order chi connectivity index (χ1) is 5.41. The Labute approximate surface area is 75.1 Å². The molecule has 0 amide bonds. The molecule has 0 spiro atoms. The molecule has 0 radical (unpaired) electrons. The van der Waals surface area contributed by atoms with Gasteiger partial charge in [-0.15, -0.1) is 0 Å². The lowest BCUT2D eigenvalue weighted by Crippen LogP contribution is -2.14. The van der Waals surface area contributed by atoms with Crippen LogP contribution in [0, 0.1) is 11.3 Å². The standard InChI is InChI=1S/C11H18O/c1-8(2)10-7-11(4,5)6-9(3)12-10/h6-8H,1-5H3. The zero-order chi connectivity index (χ0) is 9.35. The fourth-order valence-corrected chi connectivity index (χ4v) is 1.46. The van der Waals surface area contributed by atoms with Crippen molar-refractivity contribution in [1.82, 2.24) is 0 Å². The maximum atomic E-state index is 5.61. The van der Waals surface area contributed by atoms with Crippen LogP contribution in [-0.2, 0) is 4.74 Å². The minimum absolute atomic E-state index is 0.155. The molecule has 0 aromatic heterocycles. The molecule has 1 aliphatic heterocycles. The van der Waals surface area contributed by atoms with Crippen LogP contribution < -0.4 is 0 Å². The van der Waals surface area contributed by atoms with Crippen LogP contribution in [0.3, 0.4) is 0 Å². The molecule has 1 heteroatoms. The lowest BCUT2D eigenvalue weighted by Gasteiger charge is -2.26. The molecule has 0 N–H and O–H groups in total. The summed E-state index contributed by atoms with van der Waals surface area (Å²) in [5.74, 6) is 2.60. The van der Waals surface area contributed by atoms with Gasteiger partial charge in [-0.3, -0.25) is 0 Å². The summed E-state index contributed by atoms with van der Waals surface area (Å²) in [6, 6.07) is 0. The summed E-state index contributed by atoms with van der Waals surface area (Å²) in [4.78, 5) is 0. The quantitative estimate of drug-likeness (QED) is 0.579. The highest BCUT2D eigenvalue weighted by Gasteiger charge is 2.21. The number of hydrogen-bond acceptors (Lipinski definition) is 1. The Morgan fingerprint density at radius 3 is 2.25 bits per heavy atom. The molecule has 68 valence electrons. The topological polar surface area (TPSA) is 9.23 Å². The summed E-state index contributed by atoms with van der Waals surface area (Å²) >= 11 is 0. The van der Waals surface area contributed by atoms with Gasteiger partial charge in [0.15, 0.2) is 0 Å². The van der Waals surface area contributed by atoms with Crippen LogP contribution in [0.1, 0.15) is 34.6 Å².